The predicted molar refractivity (Wildman–Crippen MR) is 37.4 cm³/mol. The quantitative estimate of drug-likeness (QED) is 0.431. The van der Waals surface area contributed by atoms with Crippen LogP contribution in [0.3, 0.4) is 0 Å². The van der Waals surface area contributed by atoms with Crippen molar-refractivity contribution in [3.05, 3.63) is 0 Å². The van der Waals surface area contributed by atoms with Gasteiger partial charge < -0.3 is 9.47 Å². The zero-order valence-corrected chi connectivity index (χ0v) is 7.46. The lowest BCUT2D eigenvalue weighted by Gasteiger charge is -2.26. The average molecular weight is 144 g/mol. The van der Waals surface area contributed by atoms with E-state index in [4.69, 9.17) is 9.47 Å². The van der Waals surface area contributed by atoms with E-state index in [1.54, 1.807) is 0 Å². The molecule has 0 rings (SSSR count). The Kier molecular flexibility index (Phi) is 4.51. The smallest absolute Gasteiger partial charge is 0.225 e. The first kappa shape index (κ1) is 9.45. The molecule has 0 aromatic carbocycles. The third kappa shape index (κ3) is 4.93. The highest BCUT2D eigenvalue weighted by Crippen LogP contribution is 2.05. The molecule has 3 heteroatoms. The summed E-state index contributed by atoms with van der Waals surface area (Å²) in [5, 5.41) is 0. The highest BCUT2D eigenvalue weighted by Gasteiger charge is 2.13. The molecule has 0 aromatic heterocycles. The number of hydrogen-bond acceptors (Lipinski definition) is 2. The Bertz CT molecular complexity index is 65.5. The Labute approximate surface area is 65.0 Å². The van der Waals surface area contributed by atoms with Crippen LogP contribution in [-0.2, 0) is 9.47 Å². The summed E-state index contributed by atoms with van der Waals surface area (Å²) in [6.45, 7) is 7.13. The maximum absolute atomic E-state index is 5.21. The van der Waals surface area contributed by atoms with Gasteiger partial charge in [0.15, 0.2) is 0 Å². The summed E-state index contributed by atoms with van der Waals surface area (Å²) in [5.41, 5.74) is 0. The largest absolute Gasteiger partial charge is 0.368 e. The van der Waals surface area contributed by atoms with Gasteiger partial charge in [-0.2, -0.15) is 0 Å². The van der Waals surface area contributed by atoms with E-state index in [-0.39, 0.29) is 0 Å². The van der Waals surface area contributed by atoms with E-state index in [0.717, 1.165) is 0 Å². The SMILES string of the molecule is CCO[C](C)([Al])OCC. The van der Waals surface area contributed by atoms with E-state index in [2.05, 4.69) is 16.3 Å². The summed E-state index contributed by atoms with van der Waals surface area (Å²) in [5.74, 6) is 0. The molecule has 9 heavy (non-hydrogen) atoms. The van der Waals surface area contributed by atoms with Crippen LogP contribution in [0, 0.1) is 0 Å². The minimum atomic E-state index is -0.483. The van der Waals surface area contributed by atoms with Crippen LogP contribution < -0.4 is 0 Å². The van der Waals surface area contributed by atoms with Gasteiger partial charge in [-0.05, 0) is 20.8 Å². The van der Waals surface area contributed by atoms with Crippen LogP contribution >= 0.6 is 0 Å². The van der Waals surface area contributed by atoms with Gasteiger partial charge in [-0.3, -0.25) is 0 Å². The van der Waals surface area contributed by atoms with Gasteiger partial charge in [-0.25, -0.2) is 0 Å². The molecule has 0 atom stereocenters. The van der Waals surface area contributed by atoms with Crippen molar-refractivity contribution in [3.8, 4) is 0 Å². The van der Waals surface area contributed by atoms with Gasteiger partial charge in [0.1, 0.15) is 0 Å². The van der Waals surface area contributed by atoms with Gasteiger partial charge in [0.2, 0.25) is 16.3 Å². The first-order chi connectivity index (χ1) is 4.12. The van der Waals surface area contributed by atoms with Crippen molar-refractivity contribution >= 4 is 16.3 Å². The van der Waals surface area contributed by atoms with Crippen LogP contribution in [0.2, 0.25) is 0 Å². The van der Waals surface area contributed by atoms with Crippen molar-refractivity contribution in [1.29, 1.82) is 0 Å². The molecular weight excluding hydrogens is 131 g/mol. The van der Waals surface area contributed by atoms with Gasteiger partial charge in [0.25, 0.3) is 0 Å². The summed E-state index contributed by atoms with van der Waals surface area (Å²) >= 11 is 2.51. The van der Waals surface area contributed by atoms with Crippen molar-refractivity contribution < 1.29 is 9.47 Å². The summed E-state index contributed by atoms with van der Waals surface area (Å²) in [7, 11) is 0. The standard InChI is InChI=1S/C6H13O2.Al/c1-4-7-6(3)8-5-2;/h4-5H2,1-3H3;. The van der Waals surface area contributed by atoms with Crippen molar-refractivity contribution in [3.63, 3.8) is 0 Å². The highest BCUT2D eigenvalue weighted by atomic mass is 27.0. The van der Waals surface area contributed by atoms with Crippen LogP contribution in [0.25, 0.3) is 0 Å². The molecule has 2 nitrogen and oxygen atoms in total. The molecule has 0 bridgehead atoms. The number of rotatable bonds is 4. The molecular formula is C6H13AlO2. The zero-order valence-electron chi connectivity index (χ0n) is 6.31. The molecule has 0 spiro atoms. The lowest BCUT2D eigenvalue weighted by molar-refractivity contribution is -0.160. The van der Waals surface area contributed by atoms with E-state index >= 15 is 0 Å². The van der Waals surface area contributed by atoms with Crippen LogP contribution in [0.5, 0.6) is 0 Å². The molecule has 0 unspecified atom stereocenters. The van der Waals surface area contributed by atoms with Crippen molar-refractivity contribution in [2.75, 3.05) is 13.2 Å². The van der Waals surface area contributed by atoms with E-state index in [1.807, 2.05) is 20.8 Å². The van der Waals surface area contributed by atoms with Gasteiger partial charge >= 0.3 is 0 Å². The molecule has 0 saturated carbocycles. The highest BCUT2D eigenvalue weighted by molar-refractivity contribution is 6.13. The molecule has 0 saturated heterocycles. The van der Waals surface area contributed by atoms with Crippen LogP contribution in [-0.4, -0.2) is 34.2 Å². The second-order valence-electron chi connectivity index (χ2n) is 1.88. The van der Waals surface area contributed by atoms with Crippen molar-refractivity contribution in [2.24, 2.45) is 0 Å². The zero-order chi connectivity index (χ0) is 7.33. The Hall–Kier alpha value is 0.452. The van der Waals surface area contributed by atoms with Gasteiger partial charge in [-0.1, -0.05) is 0 Å². The summed E-state index contributed by atoms with van der Waals surface area (Å²) in [4.78, 5) is 0. The Morgan fingerprint density at radius 3 is 1.78 bits per heavy atom. The Balaban J connectivity index is 3.43. The van der Waals surface area contributed by atoms with E-state index in [1.165, 1.54) is 0 Å². The molecule has 0 heterocycles. The predicted octanol–water partition coefficient (Wildman–Crippen LogP) is 0.902. The van der Waals surface area contributed by atoms with E-state index < -0.39 is 4.65 Å². The minimum Gasteiger partial charge on any atom is -0.368 e. The number of ether oxygens (including phenoxy) is 2. The van der Waals surface area contributed by atoms with Crippen LogP contribution in [0.4, 0.5) is 0 Å². The molecule has 52 valence electrons. The molecule has 0 aliphatic carbocycles. The second kappa shape index (κ2) is 4.30. The average Bonchev–Trinajstić information content (AvgIpc) is 1.64. The molecule has 2 radical (unpaired) electrons. The van der Waals surface area contributed by atoms with Gasteiger partial charge in [0.05, 0.1) is 4.65 Å². The van der Waals surface area contributed by atoms with Crippen LogP contribution in [0.1, 0.15) is 20.8 Å². The fourth-order valence-electron chi connectivity index (χ4n) is 0.615. The normalized spacial score (nSPS) is 11.9. The Morgan fingerprint density at radius 1 is 1.22 bits per heavy atom. The number of hydrogen-bond donors (Lipinski definition) is 0. The summed E-state index contributed by atoms with van der Waals surface area (Å²) in [6.07, 6.45) is 0. The fraction of sp³-hybridized carbons (Fsp3) is 1.00. The van der Waals surface area contributed by atoms with Gasteiger partial charge in [0, 0.05) is 13.2 Å². The molecule has 0 aliphatic heterocycles. The summed E-state index contributed by atoms with van der Waals surface area (Å²) < 4.78 is 9.94. The van der Waals surface area contributed by atoms with Crippen LogP contribution in [0.15, 0.2) is 0 Å². The minimum absolute atomic E-state index is 0.483. The third-order valence-electron chi connectivity index (χ3n) is 0.862. The monoisotopic (exact) mass is 144 g/mol. The fourth-order valence-corrected chi connectivity index (χ4v) is 0.948. The second-order valence-corrected chi connectivity index (χ2v) is 2.93. The lowest BCUT2D eigenvalue weighted by atomic mass is 10.7. The molecule has 0 amide bonds. The van der Waals surface area contributed by atoms with Gasteiger partial charge in [-0.15, -0.1) is 0 Å². The van der Waals surface area contributed by atoms with E-state index in [0.29, 0.717) is 13.2 Å². The Morgan fingerprint density at radius 2 is 1.56 bits per heavy atom. The lowest BCUT2D eigenvalue weighted by Crippen LogP contribution is -2.32. The third-order valence-corrected chi connectivity index (χ3v) is 1.20. The topological polar surface area (TPSA) is 18.5 Å². The van der Waals surface area contributed by atoms with E-state index in [9.17, 15) is 0 Å². The summed E-state index contributed by atoms with van der Waals surface area (Å²) in [6, 6.07) is 0. The van der Waals surface area contributed by atoms with Crippen molar-refractivity contribution in [1.82, 2.24) is 0 Å². The molecule has 0 aromatic rings. The first-order valence-corrected chi connectivity index (χ1v) is 3.77. The molecule has 0 aliphatic rings. The maximum Gasteiger partial charge on any atom is 0.225 e. The molecule has 0 N–H and O–H groups in total. The maximum atomic E-state index is 5.21. The first-order valence-electron chi connectivity index (χ1n) is 3.19. The molecule has 0 fully saturated rings. The van der Waals surface area contributed by atoms with Crippen molar-refractivity contribution in [2.45, 2.75) is 25.4 Å².